The SMILES string of the molecule is Cc1ccc(S(=O)(=O)OC[C@H](O)[C@@H](c2ccccc2OC(F)(F)F)n2ccc3ccccc32)cc1.OC[C@H](O)[C@@H](c1ccccc1OC(F)(F)F)n1ccc2ccccc21. The highest BCUT2D eigenvalue weighted by molar-refractivity contribution is 7.86. The Morgan fingerprint density at radius 2 is 1.00 bits per heavy atom. The summed E-state index contributed by atoms with van der Waals surface area (Å²) in [4.78, 5) is -0.0981. The third-order valence-corrected chi connectivity index (χ3v) is 10.7. The molecule has 0 saturated carbocycles. The van der Waals surface area contributed by atoms with E-state index >= 15 is 0 Å². The predicted octanol–water partition coefficient (Wildman–Crippen LogP) is 8.69. The van der Waals surface area contributed by atoms with Crippen LogP contribution in [0.4, 0.5) is 26.3 Å². The van der Waals surface area contributed by atoms with Gasteiger partial charge in [-0.2, -0.15) is 8.42 Å². The largest absolute Gasteiger partial charge is 0.573 e. The predicted molar refractivity (Wildman–Crippen MR) is 210 cm³/mol. The van der Waals surface area contributed by atoms with Crippen LogP contribution in [0.5, 0.6) is 11.5 Å². The lowest BCUT2D eigenvalue weighted by Gasteiger charge is -2.27. The number of ether oxygens (including phenoxy) is 2. The molecule has 10 nitrogen and oxygen atoms in total. The second kappa shape index (κ2) is 18.2. The Morgan fingerprint density at radius 3 is 1.45 bits per heavy atom. The molecule has 0 saturated heterocycles. The number of hydrogen-bond donors (Lipinski definition) is 3. The molecule has 0 aliphatic carbocycles. The molecular formula is C43H38F6N2O8S. The highest BCUT2D eigenvalue weighted by atomic mass is 32.2. The van der Waals surface area contributed by atoms with Crippen LogP contribution in [0.1, 0.15) is 28.8 Å². The minimum atomic E-state index is -4.96. The number of aliphatic hydroxyl groups excluding tert-OH is 3. The summed E-state index contributed by atoms with van der Waals surface area (Å²) < 4.78 is 119. The van der Waals surface area contributed by atoms with Crippen molar-refractivity contribution < 1.29 is 63.7 Å². The average Bonchev–Trinajstić information content (AvgIpc) is 3.83. The van der Waals surface area contributed by atoms with Crippen molar-refractivity contribution >= 4 is 31.9 Å². The summed E-state index contributed by atoms with van der Waals surface area (Å²) >= 11 is 0. The molecule has 5 aromatic carbocycles. The molecular weight excluding hydrogens is 819 g/mol. The Kier molecular flexibility index (Phi) is 13.3. The number of fused-ring (bicyclic) bond motifs is 2. The van der Waals surface area contributed by atoms with Crippen molar-refractivity contribution in [3.63, 3.8) is 0 Å². The van der Waals surface area contributed by atoms with Gasteiger partial charge in [-0.15, -0.1) is 26.3 Å². The lowest BCUT2D eigenvalue weighted by atomic mass is 10.00. The quantitative estimate of drug-likeness (QED) is 0.0776. The molecule has 0 unspecified atom stereocenters. The maximum Gasteiger partial charge on any atom is 0.573 e. The first-order chi connectivity index (χ1) is 28.5. The second-order valence-electron chi connectivity index (χ2n) is 13.5. The highest BCUT2D eigenvalue weighted by Gasteiger charge is 2.36. The molecule has 0 aliphatic rings. The third-order valence-electron chi connectivity index (χ3n) is 9.40. The highest BCUT2D eigenvalue weighted by Crippen LogP contribution is 2.38. The number of aromatic nitrogens is 2. The number of alkyl halides is 6. The van der Waals surface area contributed by atoms with Crippen molar-refractivity contribution in [3.05, 3.63) is 163 Å². The third kappa shape index (κ3) is 10.5. The fraction of sp³-hybridized carbons (Fsp3) is 0.209. The standard InChI is InChI=1S/C25H22F3NO5S.C18H16F3NO3/c1-17-10-12-19(13-11-17)35(31,32)33-16-22(30)24(29-15-14-18-6-2-4-8-21(18)29)20-7-3-5-9-23(20)34-25(26,27)28;19-18(20,21)25-16-8-4-2-6-13(16)17(15(24)11-23)22-10-9-12-5-1-3-7-14(12)22/h2-15,22,24,30H,16H2,1H3;1-10,15,17,23-24H,11H2/t22-,24+;15-,17+/m00/s1. The van der Waals surface area contributed by atoms with Crippen LogP contribution >= 0.6 is 0 Å². The molecule has 2 aromatic heterocycles. The molecule has 7 rings (SSSR count). The summed E-state index contributed by atoms with van der Waals surface area (Å²) in [5.74, 6) is -0.923. The molecule has 4 atom stereocenters. The van der Waals surface area contributed by atoms with Gasteiger partial charge in [-0.05, 0) is 66.2 Å². The van der Waals surface area contributed by atoms with Crippen molar-refractivity contribution in [2.45, 2.75) is 48.8 Å². The maximum absolute atomic E-state index is 13.1. The molecule has 316 valence electrons. The van der Waals surface area contributed by atoms with E-state index in [1.165, 1.54) is 48.5 Å². The fourth-order valence-corrected chi connectivity index (χ4v) is 7.71. The number of para-hydroxylation sites is 4. The van der Waals surface area contributed by atoms with Gasteiger partial charge in [0.1, 0.15) is 23.7 Å². The van der Waals surface area contributed by atoms with Crippen LogP contribution in [0.25, 0.3) is 21.8 Å². The molecule has 2 heterocycles. The minimum absolute atomic E-state index is 0.00927. The molecule has 0 spiro atoms. The zero-order valence-electron chi connectivity index (χ0n) is 31.5. The smallest absolute Gasteiger partial charge is 0.405 e. The number of hydrogen-bond acceptors (Lipinski definition) is 8. The summed E-state index contributed by atoms with van der Waals surface area (Å²) in [5, 5.41) is 32.5. The zero-order valence-corrected chi connectivity index (χ0v) is 32.3. The number of nitrogens with zero attached hydrogens (tertiary/aromatic N) is 2. The molecule has 17 heteroatoms. The van der Waals surface area contributed by atoms with Crippen molar-refractivity contribution in [3.8, 4) is 11.5 Å². The fourth-order valence-electron chi connectivity index (χ4n) is 6.79. The number of aryl methyl sites for hydroxylation is 1. The zero-order chi connectivity index (χ0) is 43.2. The van der Waals surface area contributed by atoms with Crippen molar-refractivity contribution in [1.29, 1.82) is 0 Å². The molecule has 60 heavy (non-hydrogen) atoms. The second-order valence-corrected chi connectivity index (χ2v) is 15.1. The van der Waals surface area contributed by atoms with Gasteiger partial charge in [0.05, 0.1) is 30.2 Å². The van der Waals surface area contributed by atoms with Crippen molar-refractivity contribution in [2.24, 2.45) is 0 Å². The van der Waals surface area contributed by atoms with Gasteiger partial charge in [-0.1, -0.05) is 90.5 Å². The normalized spacial score (nSPS) is 14.2. The van der Waals surface area contributed by atoms with Crippen LogP contribution in [0.2, 0.25) is 0 Å². The Bertz CT molecular complexity index is 2630. The molecule has 0 bridgehead atoms. The monoisotopic (exact) mass is 856 g/mol. The maximum atomic E-state index is 13.1. The summed E-state index contributed by atoms with van der Waals surface area (Å²) in [7, 11) is -4.22. The van der Waals surface area contributed by atoms with Gasteiger partial charge in [-0.3, -0.25) is 4.18 Å². The van der Waals surface area contributed by atoms with E-state index in [0.29, 0.717) is 5.52 Å². The molecule has 0 fully saturated rings. The van der Waals surface area contributed by atoms with Gasteiger partial charge in [-0.25, -0.2) is 0 Å². The molecule has 0 aliphatic heterocycles. The van der Waals surface area contributed by atoms with E-state index in [4.69, 9.17) is 4.18 Å². The number of rotatable bonds is 13. The molecule has 3 N–H and O–H groups in total. The summed E-state index contributed by atoms with van der Waals surface area (Å²) in [6, 6.07) is 32.8. The van der Waals surface area contributed by atoms with E-state index < -0.39 is 71.8 Å². The van der Waals surface area contributed by atoms with Gasteiger partial charge in [0, 0.05) is 34.6 Å². The van der Waals surface area contributed by atoms with Crippen LogP contribution in [0, 0.1) is 6.92 Å². The topological polar surface area (TPSA) is 132 Å². The molecule has 0 amide bonds. The summed E-state index contributed by atoms with van der Waals surface area (Å²) in [6.07, 6.45) is -9.41. The van der Waals surface area contributed by atoms with Crippen molar-refractivity contribution in [1.82, 2.24) is 9.13 Å². The number of aliphatic hydroxyl groups is 3. The van der Waals surface area contributed by atoms with Crippen LogP contribution in [0.15, 0.2) is 151 Å². The summed E-state index contributed by atoms with van der Waals surface area (Å²) in [6.45, 7) is 0.485. The van der Waals surface area contributed by atoms with Crippen molar-refractivity contribution in [2.75, 3.05) is 13.2 Å². The van der Waals surface area contributed by atoms with Crippen LogP contribution in [-0.4, -0.2) is 71.0 Å². The van der Waals surface area contributed by atoms with Gasteiger partial charge >= 0.3 is 12.7 Å². The number of halogens is 6. The summed E-state index contributed by atoms with van der Waals surface area (Å²) in [5.41, 5.74) is 2.34. The van der Waals surface area contributed by atoms with Gasteiger partial charge in [0.15, 0.2) is 0 Å². The minimum Gasteiger partial charge on any atom is -0.405 e. The lowest BCUT2D eigenvalue weighted by molar-refractivity contribution is -0.276. The van der Waals surface area contributed by atoms with Gasteiger partial charge in [0.25, 0.3) is 10.1 Å². The molecule has 0 radical (unpaired) electrons. The van der Waals surface area contributed by atoms with Crippen LogP contribution < -0.4 is 9.47 Å². The first-order valence-electron chi connectivity index (χ1n) is 18.2. The first-order valence-corrected chi connectivity index (χ1v) is 19.6. The lowest BCUT2D eigenvalue weighted by Crippen LogP contribution is -2.31. The van der Waals surface area contributed by atoms with Gasteiger partial charge < -0.3 is 33.9 Å². The van der Waals surface area contributed by atoms with Gasteiger partial charge in [0.2, 0.25) is 0 Å². The average molecular weight is 857 g/mol. The van der Waals surface area contributed by atoms with Crippen LogP contribution in [0.3, 0.4) is 0 Å². The first kappa shape index (κ1) is 43.7. The van der Waals surface area contributed by atoms with E-state index in [1.807, 2.05) is 18.2 Å². The van der Waals surface area contributed by atoms with E-state index in [0.717, 1.165) is 27.9 Å². The van der Waals surface area contributed by atoms with E-state index in [-0.39, 0.29) is 16.0 Å². The van der Waals surface area contributed by atoms with E-state index in [1.54, 1.807) is 89.1 Å². The van der Waals surface area contributed by atoms with E-state index in [9.17, 15) is 50.1 Å². The Hall–Kier alpha value is -5.85. The Morgan fingerprint density at radius 1 is 0.583 bits per heavy atom. The molecule has 7 aromatic rings. The van der Waals surface area contributed by atoms with Crippen LogP contribution in [-0.2, 0) is 14.3 Å². The number of benzene rings is 5. The Balaban J connectivity index is 0.000000213. The van der Waals surface area contributed by atoms with E-state index in [2.05, 4.69) is 9.47 Å². The Labute approximate surface area is 340 Å².